The van der Waals surface area contributed by atoms with Gasteiger partial charge in [0.15, 0.2) is 5.13 Å². The summed E-state index contributed by atoms with van der Waals surface area (Å²) in [5.74, 6) is -0.652. The Balaban J connectivity index is 1.24. The number of carbonyl (C=O) groups excluding carboxylic acids is 1. The van der Waals surface area contributed by atoms with Crippen LogP contribution >= 0.6 is 34.3 Å². The molecule has 2 aromatic heterocycles. The molecule has 35 heavy (non-hydrogen) atoms. The van der Waals surface area contributed by atoms with E-state index in [1.165, 1.54) is 21.7 Å². The molecule has 1 saturated heterocycles. The number of sulfonamides is 1. The number of nitrogens with one attached hydrogen (secondary N) is 1. The number of aromatic nitrogens is 1. The highest BCUT2D eigenvalue weighted by Crippen LogP contribution is 2.32. The molecule has 5 rings (SSSR count). The zero-order chi connectivity index (χ0) is 24.4. The summed E-state index contributed by atoms with van der Waals surface area (Å²) in [4.78, 5) is 17.5. The SMILES string of the molecule is O=C(Nc1nc(-c2ccc(-c3ccccc3)cc2)cs1)C1CCCN(S(=O)(=O)c2ccc(Cl)s2)C1. The van der Waals surface area contributed by atoms with Crippen LogP contribution in [0, 0.1) is 5.92 Å². The van der Waals surface area contributed by atoms with E-state index in [2.05, 4.69) is 34.6 Å². The number of piperidine rings is 1. The molecule has 0 aliphatic carbocycles. The van der Waals surface area contributed by atoms with Crippen LogP contribution in [-0.2, 0) is 14.8 Å². The Kier molecular flexibility index (Phi) is 7.04. The maximum atomic E-state index is 12.9. The van der Waals surface area contributed by atoms with Crippen molar-refractivity contribution in [2.45, 2.75) is 17.1 Å². The Bertz CT molecular complexity index is 1430. The summed E-state index contributed by atoms with van der Waals surface area (Å²) in [5, 5.41) is 5.29. The Hall–Kier alpha value is -2.56. The molecule has 1 amide bonds. The molecular weight excluding hydrogens is 522 g/mol. The summed E-state index contributed by atoms with van der Waals surface area (Å²) in [6, 6.07) is 21.4. The molecule has 6 nitrogen and oxygen atoms in total. The number of nitrogens with zero attached hydrogens (tertiary/aromatic N) is 2. The van der Waals surface area contributed by atoms with Gasteiger partial charge in [0.2, 0.25) is 5.91 Å². The standard InChI is InChI=1S/C25H22ClN3O3S3/c26-22-12-13-23(34-22)35(31,32)29-14-4-7-20(15-29)24(30)28-25-27-21(16-33-25)19-10-8-18(9-11-19)17-5-2-1-3-6-17/h1-3,5-6,8-13,16,20H,4,7,14-15H2,(H,27,28,30). The average molecular weight is 544 g/mol. The smallest absolute Gasteiger partial charge is 0.252 e. The average Bonchev–Trinajstić information content (AvgIpc) is 3.54. The number of amides is 1. The molecule has 2 aromatic carbocycles. The summed E-state index contributed by atoms with van der Waals surface area (Å²) in [7, 11) is -3.66. The lowest BCUT2D eigenvalue weighted by molar-refractivity contribution is -0.120. The van der Waals surface area contributed by atoms with Gasteiger partial charge >= 0.3 is 0 Å². The number of hydrogen-bond donors (Lipinski definition) is 1. The first-order chi connectivity index (χ1) is 16.9. The topological polar surface area (TPSA) is 79.4 Å². The predicted octanol–water partition coefficient (Wildman–Crippen LogP) is 6.23. The Morgan fingerprint density at radius 1 is 1.00 bits per heavy atom. The van der Waals surface area contributed by atoms with Crippen molar-refractivity contribution < 1.29 is 13.2 Å². The van der Waals surface area contributed by atoms with Crippen LogP contribution in [0.3, 0.4) is 0 Å². The van der Waals surface area contributed by atoms with Crippen molar-refractivity contribution in [2.24, 2.45) is 5.92 Å². The molecular formula is C25H22ClN3O3S3. The molecule has 1 atom stereocenters. The lowest BCUT2D eigenvalue weighted by atomic mass is 9.99. The number of hydrogen-bond acceptors (Lipinski definition) is 6. The highest BCUT2D eigenvalue weighted by molar-refractivity contribution is 7.91. The van der Waals surface area contributed by atoms with Crippen LogP contribution in [0.15, 0.2) is 76.3 Å². The van der Waals surface area contributed by atoms with Gasteiger partial charge in [-0.15, -0.1) is 22.7 Å². The first-order valence-electron chi connectivity index (χ1n) is 11.1. The molecule has 1 unspecified atom stereocenters. The Labute approximate surface area is 217 Å². The molecule has 4 aromatic rings. The Morgan fingerprint density at radius 3 is 2.43 bits per heavy atom. The number of thiophene rings is 1. The van der Waals surface area contributed by atoms with E-state index < -0.39 is 15.9 Å². The molecule has 1 fully saturated rings. The van der Waals surface area contributed by atoms with E-state index in [-0.39, 0.29) is 16.7 Å². The fourth-order valence-electron chi connectivity index (χ4n) is 4.07. The molecule has 180 valence electrons. The van der Waals surface area contributed by atoms with Gasteiger partial charge in [-0.3, -0.25) is 4.79 Å². The largest absolute Gasteiger partial charge is 0.302 e. The van der Waals surface area contributed by atoms with Crippen molar-refractivity contribution in [1.29, 1.82) is 0 Å². The molecule has 0 saturated carbocycles. The number of carbonyl (C=O) groups is 1. The van der Waals surface area contributed by atoms with E-state index in [1.807, 2.05) is 35.7 Å². The fraction of sp³-hybridized carbons (Fsp3) is 0.200. The van der Waals surface area contributed by atoms with Gasteiger partial charge in [0.25, 0.3) is 10.0 Å². The van der Waals surface area contributed by atoms with Gasteiger partial charge < -0.3 is 5.32 Å². The van der Waals surface area contributed by atoms with E-state index in [0.29, 0.717) is 28.9 Å². The van der Waals surface area contributed by atoms with Crippen LogP contribution in [-0.4, -0.2) is 36.7 Å². The second-order valence-electron chi connectivity index (χ2n) is 8.23. The fourth-order valence-corrected chi connectivity index (χ4v) is 7.96. The molecule has 0 spiro atoms. The minimum absolute atomic E-state index is 0.142. The molecule has 1 aliphatic rings. The number of thiazole rings is 1. The minimum atomic E-state index is -3.66. The number of halogens is 1. The first kappa shape index (κ1) is 24.1. The van der Waals surface area contributed by atoms with Crippen molar-refractivity contribution in [3.8, 4) is 22.4 Å². The number of benzene rings is 2. The Morgan fingerprint density at radius 2 is 1.71 bits per heavy atom. The van der Waals surface area contributed by atoms with Crippen molar-refractivity contribution in [1.82, 2.24) is 9.29 Å². The lowest BCUT2D eigenvalue weighted by Crippen LogP contribution is -2.43. The summed E-state index contributed by atoms with van der Waals surface area (Å²) in [6.45, 7) is 0.533. The molecule has 1 N–H and O–H groups in total. The van der Waals surface area contributed by atoms with Gasteiger partial charge in [-0.05, 0) is 36.1 Å². The van der Waals surface area contributed by atoms with Crippen LogP contribution < -0.4 is 5.32 Å². The normalized spacial score (nSPS) is 16.8. The van der Waals surface area contributed by atoms with Gasteiger partial charge in [0, 0.05) is 24.0 Å². The van der Waals surface area contributed by atoms with Crippen molar-refractivity contribution in [3.05, 3.63) is 76.4 Å². The third-order valence-electron chi connectivity index (χ3n) is 5.92. The summed E-state index contributed by atoms with van der Waals surface area (Å²) < 4.78 is 27.9. The van der Waals surface area contributed by atoms with E-state index in [1.54, 1.807) is 6.07 Å². The van der Waals surface area contributed by atoms with Gasteiger partial charge in [-0.25, -0.2) is 13.4 Å². The lowest BCUT2D eigenvalue weighted by Gasteiger charge is -2.30. The maximum absolute atomic E-state index is 12.9. The molecule has 0 radical (unpaired) electrons. The van der Waals surface area contributed by atoms with Gasteiger partial charge in [0.05, 0.1) is 15.9 Å². The molecule has 3 heterocycles. The second-order valence-corrected chi connectivity index (χ2v) is 13.0. The first-order valence-corrected chi connectivity index (χ1v) is 14.6. The van der Waals surface area contributed by atoms with Gasteiger partial charge in [-0.1, -0.05) is 66.2 Å². The quantitative estimate of drug-likeness (QED) is 0.312. The van der Waals surface area contributed by atoms with E-state index in [0.717, 1.165) is 33.7 Å². The molecule has 10 heteroatoms. The minimum Gasteiger partial charge on any atom is -0.302 e. The van der Waals surface area contributed by atoms with Crippen LogP contribution in [0.1, 0.15) is 12.8 Å². The van der Waals surface area contributed by atoms with Crippen molar-refractivity contribution >= 4 is 55.3 Å². The van der Waals surface area contributed by atoms with Crippen LogP contribution in [0.2, 0.25) is 4.34 Å². The highest BCUT2D eigenvalue weighted by atomic mass is 35.5. The monoisotopic (exact) mass is 543 g/mol. The van der Waals surface area contributed by atoms with E-state index >= 15 is 0 Å². The summed E-state index contributed by atoms with van der Waals surface area (Å²) >= 11 is 8.31. The number of rotatable bonds is 6. The van der Waals surface area contributed by atoms with Gasteiger partial charge in [0.1, 0.15) is 4.21 Å². The van der Waals surface area contributed by atoms with Crippen LogP contribution in [0.5, 0.6) is 0 Å². The summed E-state index contributed by atoms with van der Waals surface area (Å²) in [6.07, 6.45) is 1.25. The zero-order valence-corrected chi connectivity index (χ0v) is 21.8. The maximum Gasteiger partial charge on any atom is 0.252 e. The molecule has 1 aliphatic heterocycles. The third kappa shape index (κ3) is 5.34. The summed E-state index contributed by atoms with van der Waals surface area (Å²) in [5.41, 5.74) is 4.02. The second kappa shape index (κ2) is 10.2. The molecule has 0 bridgehead atoms. The van der Waals surface area contributed by atoms with E-state index in [4.69, 9.17) is 11.6 Å². The van der Waals surface area contributed by atoms with Gasteiger partial charge in [-0.2, -0.15) is 4.31 Å². The van der Waals surface area contributed by atoms with Crippen molar-refractivity contribution in [3.63, 3.8) is 0 Å². The zero-order valence-electron chi connectivity index (χ0n) is 18.6. The van der Waals surface area contributed by atoms with E-state index in [9.17, 15) is 13.2 Å². The predicted molar refractivity (Wildman–Crippen MR) is 142 cm³/mol. The highest BCUT2D eigenvalue weighted by Gasteiger charge is 2.34. The number of anilines is 1. The van der Waals surface area contributed by atoms with Crippen LogP contribution in [0.4, 0.5) is 5.13 Å². The van der Waals surface area contributed by atoms with Crippen molar-refractivity contribution in [2.75, 3.05) is 18.4 Å². The third-order valence-corrected chi connectivity index (χ3v) is 10.2. The van der Waals surface area contributed by atoms with Crippen LogP contribution in [0.25, 0.3) is 22.4 Å².